The van der Waals surface area contributed by atoms with Crippen molar-refractivity contribution >= 4 is 11.6 Å². The van der Waals surface area contributed by atoms with Crippen LogP contribution in [-0.4, -0.2) is 23.2 Å². The largest absolute Gasteiger partial charge is 0.339 e. The van der Waals surface area contributed by atoms with Gasteiger partial charge >= 0.3 is 0 Å². The highest BCUT2D eigenvalue weighted by molar-refractivity contribution is 6.33. The average molecular weight is 306 g/mol. The summed E-state index contributed by atoms with van der Waals surface area (Å²) in [5.74, 6) is 1.60. The van der Waals surface area contributed by atoms with Crippen molar-refractivity contribution in [3.8, 4) is 11.4 Å². The minimum absolute atomic E-state index is 0.293. The molecule has 1 N–H and O–H groups in total. The third-order valence-electron chi connectivity index (χ3n) is 4.26. The van der Waals surface area contributed by atoms with E-state index in [4.69, 9.17) is 16.1 Å². The summed E-state index contributed by atoms with van der Waals surface area (Å²) in [7, 11) is 2.01. The van der Waals surface area contributed by atoms with Crippen LogP contribution in [0.2, 0.25) is 5.02 Å². The van der Waals surface area contributed by atoms with Gasteiger partial charge in [-0.15, -0.1) is 0 Å². The summed E-state index contributed by atoms with van der Waals surface area (Å²) < 4.78 is 5.54. The molecule has 1 heterocycles. The molecule has 0 amide bonds. The minimum Gasteiger partial charge on any atom is -0.339 e. The molecule has 0 aliphatic heterocycles. The van der Waals surface area contributed by atoms with E-state index in [-0.39, 0.29) is 0 Å². The maximum Gasteiger partial charge on any atom is 0.231 e. The van der Waals surface area contributed by atoms with Crippen LogP contribution >= 0.6 is 11.6 Å². The molecule has 0 radical (unpaired) electrons. The van der Waals surface area contributed by atoms with Gasteiger partial charge in [-0.1, -0.05) is 48.2 Å². The lowest BCUT2D eigenvalue weighted by atomic mass is 9.95. The first-order valence-corrected chi connectivity index (χ1v) is 7.93. The zero-order valence-corrected chi connectivity index (χ0v) is 12.9. The second-order valence-electron chi connectivity index (χ2n) is 5.58. The van der Waals surface area contributed by atoms with E-state index < -0.39 is 0 Å². The molecule has 0 bridgehead atoms. The van der Waals surface area contributed by atoms with Gasteiger partial charge in [0.05, 0.1) is 10.9 Å². The fourth-order valence-corrected chi connectivity index (χ4v) is 3.31. The van der Waals surface area contributed by atoms with Crippen LogP contribution in [0.3, 0.4) is 0 Å². The Morgan fingerprint density at radius 3 is 2.81 bits per heavy atom. The monoisotopic (exact) mass is 305 g/mol. The number of halogens is 1. The lowest BCUT2D eigenvalue weighted by molar-refractivity contribution is 0.311. The highest BCUT2D eigenvalue weighted by Gasteiger charge is 2.29. The molecule has 1 aromatic carbocycles. The number of rotatable bonds is 3. The van der Waals surface area contributed by atoms with Crippen molar-refractivity contribution in [3.63, 3.8) is 0 Å². The third-order valence-corrected chi connectivity index (χ3v) is 4.59. The molecule has 2 aromatic rings. The van der Waals surface area contributed by atoms with Gasteiger partial charge in [0.1, 0.15) is 0 Å². The Balaban J connectivity index is 1.88. The van der Waals surface area contributed by atoms with Gasteiger partial charge in [0.25, 0.3) is 0 Å². The van der Waals surface area contributed by atoms with Crippen molar-refractivity contribution in [2.24, 2.45) is 0 Å². The zero-order valence-electron chi connectivity index (χ0n) is 12.2. The quantitative estimate of drug-likeness (QED) is 0.870. The Morgan fingerprint density at radius 1 is 1.19 bits per heavy atom. The highest BCUT2D eigenvalue weighted by atomic mass is 35.5. The summed E-state index contributed by atoms with van der Waals surface area (Å²) >= 11 is 6.20. The first kappa shape index (κ1) is 14.5. The molecule has 21 heavy (non-hydrogen) atoms. The van der Waals surface area contributed by atoms with Crippen LogP contribution in [0.1, 0.15) is 43.9 Å². The van der Waals surface area contributed by atoms with Crippen LogP contribution in [0.4, 0.5) is 0 Å². The molecule has 112 valence electrons. The highest BCUT2D eigenvalue weighted by Crippen LogP contribution is 2.33. The third kappa shape index (κ3) is 3.11. The second-order valence-corrected chi connectivity index (χ2v) is 5.98. The van der Waals surface area contributed by atoms with E-state index in [0.717, 1.165) is 24.3 Å². The summed E-state index contributed by atoms with van der Waals surface area (Å²) in [6.45, 7) is 0. The number of aromatic nitrogens is 2. The first-order chi connectivity index (χ1) is 10.3. The summed E-state index contributed by atoms with van der Waals surface area (Å²) in [4.78, 5) is 4.60. The summed E-state index contributed by atoms with van der Waals surface area (Å²) in [5, 5.41) is 8.17. The average Bonchev–Trinajstić information content (AvgIpc) is 2.85. The van der Waals surface area contributed by atoms with Gasteiger partial charge in [-0.05, 0) is 32.0 Å². The molecule has 1 aliphatic rings. The van der Waals surface area contributed by atoms with Crippen LogP contribution < -0.4 is 5.32 Å². The Kier molecular flexibility index (Phi) is 4.56. The van der Waals surface area contributed by atoms with Crippen molar-refractivity contribution in [1.82, 2.24) is 15.5 Å². The molecule has 1 fully saturated rings. The van der Waals surface area contributed by atoms with Gasteiger partial charge in [-0.2, -0.15) is 4.98 Å². The number of likely N-dealkylation sites (N-methyl/N-ethyl adjacent to an activating group) is 1. The molecule has 1 saturated carbocycles. The van der Waals surface area contributed by atoms with Crippen LogP contribution in [0, 0.1) is 0 Å². The molecule has 2 unspecified atom stereocenters. The van der Waals surface area contributed by atoms with Crippen LogP contribution in [0.15, 0.2) is 28.8 Å². The molecule has 0 saturated heterocycles. The predicted octanol–water partition coefficient (Wildman–Crippen LogP) is 4.03. The maximum absolute atomic E-state index is 6.20. The topological polar surface area (TPSA) is 51.0 Å². The molecule has 3 rings (SSSR count). The van der Waals surface area contributed by atoms with Gasteiger partial charge in [0.2, 0.25) is 11.7 Å². The number of hydrogen-bond donors (Lipinski definition) is 1. The lowest BCUT2D eigenvalue weighted by Gasteiger charge is -2.20. The second kappa shape index (κ2) is 6.58. The minimum atomic E-state index is 0.293. The number of benzene rings is 1. The van der Waals surface area contributed by atoms with E-state index >= 15 is 0 Å². The van der Waals surface area contributed by atoms with E-state index in [1.807, 2.05) is 31.3 Å². The van der Waals surface area contributed by atoms with E-state index in [9.17, 15) is 0 Å². The maximum atomic E-state index is 6.20. The van der Waals surface area contributed by atoms with Gasteiger partial charge in [0.15, 0.2) is 0 Å². The molecular weight excluding hydrogens is 286 g/mol. The van der Waals surface area contributed by atoms with Gasteiger partial charge in [0, 0.05) is 11.6 Å². The normalized spacial score (nSPS) is 23.0. The van der Waals surface area contributed by atoms with Crippen LogP contribution in [0.25, 0.3) is 11.4 Å². The first-order valence-electron chi connectivity index (χ1n) is 7.55. The molecule has 0 spiro atoms. The Hall–Kier alpha value is -1.39. The molecule has 2 atom stereocenters. The van der Waals surface area contributed by atoms with Crippen molar-refractivity contribution in [1.29, 1.82) is 0 Å². The molecule has 1 aliphatic carbocycles. The van der Waals surface area contributed by atoms with Crippen molar-refractivity contribution < 1.29 is 4.52 Å². The van der Waals surface area contributed by atoms with Crippen molar-refractivity contribution in [2.45, 2.75) is 44.1 Å². The van der Waals surface area contributed by atoms with Gasteiger partial charge in [-0.3, -0.25) is 0 Å². The van der Waals surface area contributed by atoms with Gasteiger partial charge in [-0.25, -0.2) is 0 Å². The van der Waals surface area contributed by atoms with E-state index in [2.05, 4.69) is 15.5 Å². The molecule has 1 aromatic heterocycles. The lowest BCUT2D eigenvalue weighted by Crippen LogP contribution is -2.31. The Morgan fingerprint density at radius 2 is 2.00 bits per heavy atom. The van der Waals surface area contributed by atoms with E-state index in [1.54, 1.807) is 0 Å². The van der Waals surface area contributed by atoms with Gasteiger partial charge < -0.3 is 9.84 Å². The van der Waals surface area contributed by atoms with Crippen LogP contribution in [0.5, 0.6) is 0 Å². The smallest absolute Gasteiger partial charge is 0.231 e. The Bertz CT molecular complexity index is 599. The summed E-state index contributed by atoms with van der Waals surface area (Å²) in [6.07, 6.45) is 6.00. The van der Waals surface area contributed by atoms with Crippen molar-refractivity contribution in [2.75, 3.05) is 7.05 Å². The molecule has 5 heteroatoms. The molecule has 4 nitrogen and oxygen atoms in total. The summed E-state index contributed by atoms with van der Waals surface area (Å²) in [6, 6.07) is 8.00. The Labute approximate surface area is 129 Å². The number of nitrogens with zero attached hydrogens (tertiary/aromatic N) is 2. The standard InChI is InChI=1S/C16H20ClN3O/c1-18-14-10-4-2-3-8-12(14)16-19-15(20-21-16)11-7-5-6-9-13(11)17/h5-7,9,12,14,18H,2-4,8,10H2,1H3. The summed E-state index contributed by atoms with van der Waals surface area (Å²) in [5.41, 5.74) is 0.823. The fraction of sp³-hybridized carbons (Fsp3) is 0.500. The van der Waals surface area contributed by atoms with Crippen LogP contribution in [-0.2, 0) is 0 Å². The SMILES string of the molecule is CNC1CCCCCC1c1nc(-c2ccccc2Cl)no1. The zero-order chi connectivity index (χ0) is 14.7. The number of hydrogen-bond acceptors (Lipinski definition) is 4. The van der Waals surface area contributed by atoms with E-state index in [1.165, 1.54) is 19.3 Å². The fourth-order valence-electron chi connectivity index (χ4n) is 3.09. The molecular formula is C16H20ClN3O. The predicted molar refractivity (Wildman–Crippen MR) is 83.4 cm³/mol. The van der Waals surface area contributed by atoms with Crippen molar-refractivity contribution in [3.05, 3.63) is 35.2 Å². The van der Waals surface area contributed by atoms with E-state index in [0.29, 0.717) is 22.8 Å². The number of nitrogens with one attached hydrogen (secondary N) is 1.